The fourth-order valence-electron chi connectivity index (χ4n) is 3.82. The van der Waals surface area contributed by atoms with Crippen molar-refractivity contribution >= 4 is 11.8 Å². The van der Waals surface area contributed by atoms with Crippen LogP contribution in [0.2, 0.25) is 0 Å². The van der Waals surface area contributed by atoms with Crippen LogP contribution in [-0.4, -0.2) is 45.8 Å². The summed E-state index contributed by atoms with van der Waals surface area (Å²) < 4.78 is 0. The number of piperidine rings is 1. The Hall–Kier alpha value is -1.98. The average molecular weight is 342 g/mol. The molecule has 3 fully saturated rings. The maximum absolute atomic E-state index is 12.6. The van der Waals surface area contributed by atoms with Crippen molar-refractivity contribution in [2.45, 2.75) is 57.9 Å². The summed E-state index contributed by atoms with van der Waals surface area (Å²) in [5.74, 6) is 1.61. The van der Waals surface area contributed by atoms with Gasteiger partial charge in [-0.1, -0.05) is 6.92 Å². The lowest BCUT2D eigenvalue weighted by molar-refractivity contribution is -0.134. The third-order valence-corrected chi connectivity index (χ3v) is 6.19. The van der Waals surface area contributed by atoms with Crippen LogP contribution in [0.25, 0.3) is 0 Å². The van der Waals surface area contributed by atoms with E-state index in [4.69, 9.17) is 0 Å². The summed E-state index contributed by atoms with van der Waals surface area (Å²) in [5, 5.41) is 2.79. The quantitative estimate of drug-likeness (QED) is 0.909. The Bertz CT molecular complexity index is 673. The molecule has 1 N–H and O–H groups in total. The van der Waals surface area contributed by atoms with Crippen molar-refractivity contribution in [1.29, 1.82) is 0 Å². The molecule has 4 rings (SSSR count). The number of aromatic nitrogens is 2. The zero-order chi connectivity index (χ0) is 17.6. The number of carbonyl (C=O) groups is 2. The number of amides is 2. The number of hydrogen-bond donors (Lipinski definition) is 1. The molecule has 1 aromatic rings. The molecule has 0 aromatic carbocycles. The van der Waals surface area contributed by atoms with Crippen LogP contribution < -0.4 is 5.32 Å². The van der Waals surface area contributed by atoms with Crippen LogP contribution in [0.15, 0.2) is 12.4 Å². The molecular weight excluding hydrogens is 316 g/mol. The largest absolute Gasteiger partial charge is 0.341 e. The zero-order valence-electron chi connectivity index (χ0n) is 15.0. The third kappa shape index (κ3) is 3.39. The minimum atomic E-state index is -0.524. The van der Waals surface area contributed by atoms with Gasteiger partial charge in [-0.2, -0.15) is 0 Å². The van der Waals surface area contributed by atoms with Gasteiger partial charge in [0.2, 0.25) is 5.91 Å². The molecule has 3 aliphatic rings. The van der Waals surface area contributed by atoms with E-state index in [1.807, 2.05) is 4.90 Å². The molecule has 2 aliphatic carbocycles. The van der Waals surface area contributed by atoms with E-state index in [-0.39, 0.29) is 11.8 Å². The number of hydrogen-bond acceptors (Lipinski definition) is 4. The average Bonchev–Trinajstić information content (AvgIpc) is 3.54. The van der Waals surface area contributed by atoms with E-state index >= 15 is 0 Å². The molecule has 2 saturated carbocycles. The second-order valence-corrected chi connectivity index (χ2v) is 8.17. The minimum Gasteiger partial charge on any atom is -0.341 e. The monoisotopic (exact) mass is 342 g/mol. The Morgan fingerprint density at radius 2 is 1.80 bits per heavy atom. The topological polar surface area (TPSA) is 75.2 Å². The summed E-state index contributed by atoms with van der Waals surface area (Å²) in [6, 6.07) is -0.524. The normalized spacial score (nSPS) is 27.7. The van der Waals surface area contributed by atoms with Crippen LogP contribution in [0.1, 0.15) is 68.1 Å². The van der Waals surface area contributed by atoms with Crippen molar-refractivity contribution in [2.75, 3.05) is 13.1 Å². The first-order valence-electron chi connectivity index (χ1n) is 9.39. The molecule has 0 radical (unpaired) electrons. The van der Waals surface area contributed by atoms with Gasteiger partial charge in [0.1, 0.15) is 11.9 Å². The van der Waals surface area contributed by atoms with Crippen LogP contribution in [0.4, 0.5) is 0 Å². The number of carbonyl (C=O) groups excluding carboxylic acids is 2. The zero-order valence-corrected chi connectivity index (χ0v) is 15.0. The maximum atomic E-state index is 12.6. The Balaban J connectivity index is 1.31. The number of rotatable bonds is 4. The molecule has 1 aromatic heterocycles. The van der Waals surface area contributed by atoms with Gasteiger partial charge in [0, 0.05) is 31.4 Å². The molecular formula is C19H26N4O2. The molecule has 6 heteroatoms. The highest BCUT2D eigenvalue weighted by Crippen LogP contribution is 2.53. The van der Waals surface area contributed by atoms with Crippen molar-refractivity contribution in [3.8, 4) is 0 Å². The summed E-state index contributed by atoms with van der Waals surface area (Å²) in [4.78, 5) is 35.4. The standard InChI is InChI=1S/C19H26N4O2/c1-12-9-15(12)16-20-10-14(11-21-16)17(24)22-13(2)18(25)23-7-5-19(3-4-19)6-8-23/h10-13,15H,3-9H2,1-2H3,(H,22,24)/t12-,13-,15-/m0/s1. The van der Waals surface area contributed by atoms with Crippen LogP contribution in [0, 0.1) is 11.3 Å². The third-order valence-electron chi connectivity index (χ3n) is 6.19. The molecule has 3 atom stereocenters. The molecule has 1 aliphatic heterocycles. The molecule has 0 bridgehead atoms. The van der Waals surface area contributed by atoms with Crippen molar-refractivity contribution in [2.24, 2.45) is 11.3 Å². The van der Waals surface area contributed by atoms with Gasteiger partial charge in [-0.25, -0.2) is 9.97 Å². The lowest BCUT2D eigenvalue weighted by Crippen LogP contribution is -2.49. The van der Waals surface area contributed by atoms with Gasteiger partial charge in [0.15, 0.2) is 0 Å². The van der Waals surface area contributed by atoms with Gasteiger partial charge in [-0.05, 0) is 50.4 Å². The first-order valence-corrected chi connectivity index (χ1v) is 9.39. The van der Waals surface area contributed by atoms with E-state index in [2.05, 4.69) is 22.2 Å². The lowest BCUT2D eigenvalue weighted by Gasteiger charge is -2.33. The van der Waals surface area contributed by atoms with E-state index in [1.165, 1.54) is 12.8 Å². The number of likely N-dealkylation sites (tertiary alicyclic amines) is 1. The minimum absolute atomic E-state index is 0.00759. The van der Waals surface area contributed by atoms with Gasteiger partial charge in [0.05, 0.1) is 5.56 Å². The Kier molecular flexibility index (Phi) is 4.01. The van der Waals surface area contributed by atoms with Gasteiger partial charge >= 0.3 is 0 Å². The van der Waals surface area contributed by atoms with E-state index in [1.54, 1.807) is 19.3 Å². The summed E-state index contributed by atoms with van der Waals surface area (Å²) >= 11 is 0. The fourth-order valence-corrected chi connectivity index (χ4v) is 3.82. The molecule has 134 valence electrons. The Morgan fingerprint density at radius 1 is 1.20 bits per heavy atom. The molecule has 0 unspecified atom stereocenters. The Morgan fingerprint density at radius 3 is 2.32 bits per heavy atom. The first-order chi connectivity index (χ1) is 12.0. The molecule has 1 saturated heterocycles. The lowest BCUT2D eigenvalue weighted by atomic mass is 9.93. The van der Waals surface area contributed by atoms with Crippen LogP contribution in [0.5, 0.6) is 0 Å². The predicted molar refractivity (Wildman–Crippen MR) is 93.0 cm³/mol. The van der Waals surface area contributed by atoms with E-state index in [9.17, 15) is 9.59 Å². The molecule has 25 heavy (non-hydrogen) atoms. The van der Waals surface area contributed by atoms with E-state index in [0.29, 0.717) is 22.8 Å². The van der Waals surface area contributed by atoms with Gasteiger partial charge < -0.3 is 10.2 Å². The predicted octanol–water partition coefficient (Wildman–Crippen LogP) is 2.12. The summed E-state index contributed by atoms with van der Waals surface area (Å²) in [5.41, 5.74) is 0.953. The van der Waals surface area contributed by atoms with Gasteiger partial charge in [-0.3, -0.25) is 9.59 Å². The summed E-state index contributed by atoms with van der Waals surface area (Å²) in [7, 11) is 0. The molecule has 2 heterocycles. The van der Waals surface area contributed by atoms with E-state index in [0.717, 1.165) is 38.2 Å². The van der Waals surface area contributed by atoms with Crippen LogP contribution in [0.3, 0.4) is 0 Å². The molecule has 6 nitrogen and oxygen atoms in total. The highest BCUT2D eigenvalue weighted by Gasteiger charge is 2.45. The fraction of sp³-hybridized carbons (Fsp3) is 0.684. The van der Waals surface area contributed by atoms with Gasteiger partial charge in [-0.15, -0.1) is 0 Å². The second kappa shape index (κ2) is 6.07. The van der Waals surface area contributed by atoms with Crippen molar-refractivity contribution in [1.82, 2.24) is 20.2 Å². The first kappa shape index (κ1) is 16.5. The highest BCUT2D eigenvalue weighted by atomic mass is 16.2. The van der Waals surface area contributed by atoms with Crippen LogP contribution in [-0.2, 0) is 4.79 Å². The van der Waals surface area contributed by atoms with Crippen LogP contribution >= 0.6 is 0 Å². The maximum Gasteiger partial charge on any atom is 0.255 e. The van der Waals surface area contributed by atoms with Gasteiger partial charge in [0.25, 0.3) is 5.91 Å². The summed E-state index contributed by atoms with van der Waals surface area (Å²) in [6.07, 6.45) is 9.10. The molecule has 2 amide bonds. The Labute approximate surface area is 148 Å². The number of nitrogens with zero attached hydrogens (tertiary/aromatic N) is 3. The number of nitrogens with one attached hydrogen (secondary N) is 1. The molecule has 1 spiro atoms. The van der Waals surface area contributed by atoms with Crippen molar-refractivity contribution in [3.05, 3.63) is 23.8 Å². The van der Waals surface area contributed by atoms with Crippen molar-refractivity contribution in [3.63, 3.8) is 0 Å². The van der Waals surface area contributed by atoms with E-state index < -0.39 is 6.04 Å². The smallest absolute Gasteiger partial charge is 0.255 e. The summed E-state index contributed by atoms with van der Waals surface area (Å²) in [6.45, 7) is 5.56. The highest BCUT2D eigenvalue weighted by molar-refractivity contribution is 5.97. The SMILES string of the molecule is C[C@H](NC(=O)c1cnc([C@H]2C[C@@H]2C)nc1)C(=O)N1CCC2(CC1)CC2. The van der Waals surface area contributed by atoms with Crippen molar-refractivity contribution < 1.29 is 9.59 Å². The second-order valence-electron chi connectivity index (χ2n) is 8.17.